The summed E-state index contributed by atoms with van der Waals surface area (Å²) in [5.74, 6) is 0.181. The van der Waals surface area contributed by atoms with E-state index >= 15 is 0 Å². The van der Waals surface area contributed by atoms with Crippen LogP contribution in [0, 0.1) is 5.92 Å². The minimum Gasteiger partial charge on any atom is -0.462 e. The number of hydrogen-bond acceptors (Lipinski definition) is 3. The van der Waals surface area contributed by atoms with E-state index in [4.69, 9.17) is 4.74 Å². The minimum atomic E-state index is 0.0476. The van der Waals surface area contributed by atoms with Gasteiger partial charge in [0.15, 0.2) is 0 Å². The Labute approximate surface area is 182 Å². The van der Waals surface area contributed by atoms with E-state index in [1.165, 1.54) is 57.8 Å². The molecule has 0 aliphatic carbocycles. The van der Waals surface area contributed by atoms with Crippen LogP contribution in [0.4, 0.5) is 0 Å². The fourth-order valence-electron chi connectivity index (χ4n) is 4.99. The predicted octanol–water partition coefficient (Wildman–Crippen LogP) is 7.52. The molecule has 0 aromatic rings. The minimum absolute atomic E-state index is 0.0476. The highest BCUT2D eigenvalue weighted by molar-refractivity contribution is 5.72. The van der Waals surface area contributed by atoms with Crippen LogP contribution in [0.1, 0.15) is 131 Å². The number of piperidine rings is 1. The lowest BCUT2D eigenvalue weighted by Crippen LogP contribution is -2.60. The van der Waals surface area contributed by atoms with Crippen LogP contribution in [0.15, 0.2) is 0 Å². The van der Waals surface area contributed by atoms with E-state index in [0.29, 0.717) is 0 Å². The Bertz CT molecular complexity index is 440. The van der Waals surface area contributed by atoms with Gasteiger partial charge < -0.3 is 4.74 Å². The van der Waals surface area contributed by atoms with E-state index in [9.17, 15) is 4.79 Å². The van der Waals surface area contributed by atoms with Crippen molar-refractivity contribution in [1.82, 2.24) is 4.90 Å². The molecule has 1 saturated heterocycles. The third kappa shape index (κ3) is 9.40. The Morgan fingerprint density at radius 1 is 0.828 bits per heavy atom. The van der Waals surface area contributed by atoms with E-state index in [1.807, 2.05) is 0 Å². The second kappa shape index (κ2) is 13.0. The number of rotatable bonds is 14. The number of unbranched alkanes of at least 4 members (excludes halogenated alkanes) is 8. The van der Waals surface area contributed by atoms with E-state index < -0.39 is 0 Å². The maximum Gasteiger partial charge on any atom is 0.309 e. The van der Waals surface area contributed by atoms with Crippen LogP contribution < -0.4 is 0 Å². The Morgan fingerprint density at radius 2 is 1.24 bits per heavy atom. The highest BCUT2D eigenvalue weighted by atomic mass is 16.5. The number of esters is 1. The third-order valence-corrected chi connectivity index (χ3v) is 7.20. The second-order valence-corrected chi connectivity index (χ2v) is 10.8. The summed E-state index contributed by atoms with van der Waals surface area (Å²) in [6.07, 6.45) is 16.5. The molecule has 3 nitrogen and oxygen atoms in total. The van der Waals surface area contributed by atoms with Crippen molar-refractivity contribution in [2.75, 3.05) is 7.05 Å². The first-order valence-corrected chi connectivity index (χ1v) is 12.6. The van der Waals surface area contributed by atoms with Gasteiger partial charge in [-0.1, -0.05) is 78.1 Å². The van der Waals surface area contributed by atoms with Crippen molar-refractivity contribution >= 4 is 5.97 Å². The molecule has 1 rings (SSSR count). The Kier molecular flexibility index (Phi) is 11.8. The van der Waals surface area contributed by atoms with Gasteiger partial charge in [0.1, 0.15) is 6.10 Å². The molecule has 0 aromatic heterocycles. The van der Waals surface area contributed by atoms with E-state index in [1.54, 1.807) is 0 Å². The van der Waals surface area contributed by atoms with Crippen molar-refractivity contribution in [2.45, 2.75) is 149 Å². The summed E-state index contributed by atoms with van der Waals surface area (Å²) >= 11 is 0. The smallest absolute Gasteiger partial charge is 0.309 e. The molecule has 0 radical (unpaired) electrons. The molecule has 1 unspecified atom stereocenters. The summed E-state index contributed by atoms with van der Waals surface area (Å²) in [7, 11) is 2.20. The number of nitrogens with zero attached hydrogens (tertiary/aromatic N) is 1. The van der Waals surface area contributed by atoms with Crippen LogP contribution in [0.3, 0.4) is 0 Å². The summed E-state index contributed by atoms with van der Waals surface area (Å²) in [4.78, 5) is 15.6. The van der Waals surface area contributed by atoms with Gasteiger partial charge in [-0.05, 0) is 47.6 Å². The van der Waals surface area contributed by atoms with Gasteiger partial charge in [-0.3, -0.25) is 9.69 Å². The Morgan fingerprint density at radius 3 is 1.72 bits per heavy atom. The van der Waals surface area contributed by atoms with Gasteiger partial charge >= 0.3 is 5.97 Å². The van der Waals surface area contributed by atoms with Gasteiger partial charge in [0.05, 0.1) is 5.92 Å². The SMILES string of the molecule is CCCCCCCCC(CCCCCC)C(=O)OC1CC(C)(C)N(C)C(C)(C)C1. The van der Waals surface area contributed by atoms with Crippen LogP contribution in [0.25, 0.3) is 0 Å². The summed E-state index contributed by atoms with van der Waals surface area (Å²) in [6.45, 7) is 13.6. The van der Waals surface area contributed by atoms with Crippen molar-refractivity contribution in [3.05, 3.63) is 0 Å². The Hall–Kier alpha value is -0.570. The largest absolute Gasteiger partial charge is 0.462 e. The third-order valence-electron chi connectivity index (χ3n) is 7.20. The molecule has 0 amide bonds. The molecule has 1 aliphatic heterocycles. The quantitative estimate of drug-likeness (QED) is 0.219. The molecule has 1 aliphatic rings. The van der Waals surface area contributed by atoms with Crippen LogP contribution in [0.5, 0.6) is 0 Å². The number of likely N-dealkylation sites (tertiary alicyclic amines) is 1. The van der Waals surface area contributed by atoms with Crippen molar-refractivity contribution in [1.29, 1.82) is 0 Å². The molecule has 29 heavy (non-hydrogen) atoms. The topological polar surface area (TPSA) is 29.5 Å². The van der Waals surface area contributed by atoms with E-state index in [2.05, 4.69) is 53.5 Å². The average Bonchev–Trinajstić information content (AvgIpc) is 2.63. The fraction of sp³-hybridized carbons (Fsp3) is 0.962. The molecule has 0 bridgehead atoms. The second-order valence-electron chi connectivity index (χ2n) is 10.8. The molecule has 0 N–H and O–H groups in total. The molecule has 3 heteroatoms. The summed E-state index contributed by atoms with van der Waals surface area (Å²) in [5.41, 5.74) is 0.116. The normalized spacial score (nSPS) is 20.5. The molecular weight excluding hydrogens is 358 g/mol. The lowest BCUT2D eigenvalue weighted by atomic mass is 9.78. The predicted molar refractivity (Wildman–Crippen MR) is 125 cm³/mol. The maximum absolute atomic E-state index is 13.1. The molecular formula is C26H51NO2. The van der Waals surface area contributed by atoms with Gasteiger partial charge in [-0.15, -0.1) is 0 Å². The number of ether oxygens (including phenoxy) is 1. The maximum atomic E-state index is 13.1. The number of hydrogen-bond donors (Lipinski definition) is 0. The standard InChI is InChI=1S/C26H51NO2/c1-8-10-12-14-15-17-19-22(18-16-13-11-9-2)24(28)29-23-20-25(3,4)27(7)26(5,6)21-23/h22-23H,8-21H2,1-7H3. The number of carbonyl (C=O) groups is 1. The van der Waals surface area contributed by atoms with Crippen molar-refractivity contribution in [3.63, 3.8) is 0 Å². The van der Waals surface area contributed by atoms with Gasteiger partial charge in [0.25, 0.3) is 0 Å². The molecule has 0 spiro atoms. The highest BCUT2D eigenvalue weighted by Crippen LogP contribution is 2.38. The summed E-state index contributed by atoms with van der Waals surface area (Å²) in [5, 5.41) is 0. The van der Waals surface area contributed by atoms with Gasteiger partial charge in [-0.2, -0.15) is 0 Å². The monoisotopic (exact) mass is 409 g/mol. The lowest BCUT2D eigenvalue weighted by molar-refractivity contribution is -0.164. The first-order valence-electron chi connectivity index (χ1n) is 12.6. The van der Waals surface area contributed by atoms with Crippen LogP contribution in [-0.4, -0.2) is 35.1 Å². The first-order chi connectivity index (χ1) is 13.6. The van der Waals surface area contributed by atoms with Crippen molar-refractivity contribution in [2.24, 2.45) is 5.92 Å². The molecule has 0 aromatic carbocycles. The van der Waals surface area contributed by atoms with Crippen molar-refractivity contribution in [3.8, 4) is 0 Å². The highest BCUT2D eigenvalue weighted by Gasteiger charge is 2.44. The fourth-order valence-corrected chi connectivity index (χ4v) is 4.99. The summed E-state index contributed by atoms with van der Waals surface area (Å²) < 4.78 is 6.16. The van der Waals surface area contributed by atoms with Crippen LogP contribution in [-0.2, 0) is 9.53 Å². The lowest BCUT2D eigenvalue weighted by Gasteiger charge is -2.53. The van der Waals surface area contributed by atoms with Gasteiger partial charge in [-0.25, -0.2) is 0 Å². The zero-order chi connectivity index (χ0) is 21.9. The zero-order valence-corrected chi connectivity index (χ0v) is 20.8. The average molecular weight is 410 g/mol. The summed E-state index contributed by atoms with van der Waals surface area (Å²) in [6, 6.07) is 0. The molecule has 0 saturated carbocycles. The number of carbonyl (C=O) groups excluding carboxylic acids is 1. The van der Waals surface area contributed by atoms with Crippen LogP contribution >= 0.6 is 0 Å². The van der Waals surface area contributed by atoms with E-state index in [-0.39, 0.29) is 29.1 Å². The van der Waals surface area contributed by atoms with Gasteiger partial charge in [0.2, 0.25) is 0 Å². The molecule has 172 valence electrons. The van der Waals surface area contributed by atoms with E-state index in [0.717, 1.165) is 32.1 Å². The first kappa shape index (κ1) is 26.5. The van der Waals surface area contributed by atoms with Crippen LogP contribution in [0.2, 0.25) is 0 Å². The molecule has 1 fully saturated rings. The molecule has 1 atom stereocenters. The van der Waals surface area contributed by atoms with Crippen molar-refractivity contribution < 1.29 is 9.53 Å². The molecule has 1 heterocycles. The Balaban J connectivity index is 2.59. The van der Waals surface area contributed by atoms with Gasteiger partial charge in [0, 0.05) is 23.9 Å². The zero-order valence-electron chi connectivity index (χ0n) is 20.8.